The lowest BCUT2D eigenvalue weighted by atomic mass is 9.94. The zero-order chi connectivity index (χ0) is 14.2. The first-order valence-corrected chi connectivity index (χ1v) is 7.54. The van der Waals surface area contributed by atoms with E-state index < -0.39 is 0 Å². The highest BCUT2D eigenvalue weighted by Crippen LogP contribution is 2.42. The quantitative estimate of drug-likeness (QED) is 0.934. The summed E-state index contributed by atoms with van der Waals surface area (Å²) in [5, 5.41) is 7.62. The fourth-order valence-electron chi connectivity index (χ4n) is 3.11. The van der Waals surface area contributed by atoms with Crippen molar-refractivity contribution in [2.45, 2.75) is 31.4 Å². The van der Waals surface area contributed by atoms with E-state index in [1.165, 1.54) is 24.0 Å². The molecule has 110 valence electrons. The number of ether oxygens (including phenoxy) is 1. The number of fused-ring (bicyclic) bond motifs is 1. The second-order valence-corrected chi connectivity index (χ2v) is 5.82. The van der Waals surface area contributed by atoms with E-state index in [1.54, 1.807) is 7.11 Å². The molecular formula is C16H19N3O2. The van der Waals surface area contributed by atoms with Crippen molar-refractivity contribution in [1.82, 2.24) is 15.5 Å². The maximum Gasteiger partial charge on any atom is 0.248 e. The van der Waals surface area contributed by atoms with Crippen molar-refractivity contribution in [2.24, 2.45) is 5.92 Å². The maximum absolute atomic E-state index is 5.53. The summed E-state index contributed by atoms with van der Waals surface area (Å²) in [5.41, 5.74) is 2.59. The molecule has 5 nitrogen and oxygen atoms in total. The average molecular weight is 285 g/mol. The second-order valence-electron chi connectivity index (χ2n) is 5.82. The summed E-state index contributed by atoms with van der Waals surface area (Å²) in [6.45, 7) is 0.926. The average Bonchev–Trinajstić information content (AvgIpc) is 3.25. The molecule has 0 amide bonds. The molecule has 2 unspecified atom stereocenters. The highest BCUT2D eigenvalue weighted by Gasteiger charge is 2.36. The van der Waals surface area contributed by atoms with Gasteiger partial charge < -0.3 is 14.6 Å². The van der Waals surface area contributed by atoms with Crippen LogP contribution in [0, 0.1) is 5.92 Å². The number of aromatic nitrogens is 2. The lowest BCUT2D eigenvalue weighted by Gasteiger charge is -2.23. The molecule has 2 aromatic rings. The first-order valence-electron chi connectivity index (χ1n) is 7.54. The Bertz CT molecular complexity index is 636. The molecule has 1 saturated carbocycles. The Morgan fingerprint density at radius 3 is 3.00 bits per heavy atom. The Balaban J connectivity index is 1.64. The number of benzene rings is 1. The van der Waals surface area contributed by atoms with Crippen molar-refractivity contribution >= 4 is 0 Å². The number of nitrogens with zero attached hydrogens (tertiary/aromatic N) is 2. The second kappa shape index (κ2) is 5.24. The van der Waals surface area contributed by atoms with Gasteiger partial charge in [-0.2, -0.15) is 4.98 Å². The van der Waals surface area contributed by atoms with Gasteiger partial charge in [0.25, 0.3) is 0 Å². The fourth-order valence-corrected chi connectivity index (χ4v) is 3.11. The van der Waals surface area contributed by atoms with Gasteiger partial charge in [-0.25, -0.2) is 0 Å². The molecule has 2 atom stereocenters. The third-order valence-electron chi connectivity index (χ3n) is 4.37. The third kappa shape index (κ3) is 2.36. The molecule has 5 heteroatoms. The highest BCUT2D eigenvalue weighted by molar-refractivity contribution is 5.35. The van der Waals surface area contributed by atoms with Crippen LogP contribution in [0.2, 0.25) is 0 Å². The van der Waals surface area contributed by atoms with Crippen LogP contribution in [0.4, 0.5) is 0 Å². The summed E-state index contributed by atoms with van der Waals surface area (Å²) in [5.74, 6) is 1.87. The van der Waals surface area contributed by atoms with E-state index in [4.69, 9.17) is 9.26 Å². The van der Waals surface area contributed by atoms with Crippen molar-refractivity contribution in [1.29, 1.82) is 0 Å². The molecule has 0 radical (unpaired) electrons. The number of methoxy groups -OCH3 is 1. The van der Waals surface area contributed by atoms with Crippen LogP contribution >= 0.6 is 0 Å². The first-order chi connectivity index (χ1) is 10.4. The number of hydrogen-bond donors (Lipinski definition) is 1. The van der Waals surface area contributed by atoms with Crippen LogP contribution in [-0.4, -0.2) is 23.8 Å². The van der Waals surface area contributed by atoms with E-state index >= 15 is 0 Å². The smallest absolute Gasteiger partial charge is 0.248 e. The zero-order valence-electron chi connectivity index (χ0n) is 12.1. The summed E-state index contributed by atoms with van der Waals surface area (Å²) in [6.07, 6.45) is 3.39. The molecule has 1 aromatic heterocycles. The molecular weight excluding hydrogens is 266 g/mol. The largest absolute Gasteiger partial charge is 0.373 e. The topological polar surface area (TPSA) is 60.2 Å². The van der Waals surface area contributed by atoms with Gasteiger partial charge >= 0.3 is 0 Å². The minimum Gasteiger partial charge on any atom is -0.373 e. The Hall–Kier alpha value is -1.72. The van der Waals surface area contributed by atoms with Gasteiger partial charge in [-0.1, -0.05) is 29.4 Å². The van der Waals surface area contributed by atoms with Crippen LogP contribution in [-0.2, 0) is 11.2 Å². The van der Waals surface area contributed by atoms with E-state index in [-0.39, 0.29) is 12.1 Å². The zero-order valence-corrected chi connectivity index (χ0v) is 12.1. The molecule has 0 bridgehead atoms. The Kier molecular flexibility index (Phi) is 3.24. The summed E-state index contributed by atoms with van der Waals surface area (Å²) < 4.78 is 11.0. The molecule has 1 N–H and O–H groups in total. The van der Waals surface area contributed by atoms with E-state index in [0.717, 1.165) is 13.0 Å². The molecule has 2 aliphatic rings. The van der Waals surface area contributed by atoms with Gasteiger partial charge in [-0.15, -0.1) is 0 Å². The van der Waals surface area contributed by atoms with Crippen LogP contribution in [0.3, 0.4) is 0 Å². The Morgan fingerprint density at radius 2 is 2.19 bits per heavy atom. The van der Waals surface area contributed by atoms with Crippen LogP contribution < -0.4 is 5.32 Å². The number of rotatable bonds is 4. The van der Waals surface area contributed by atoms with E-state index in [2.05, 4.69) is 39.7 Å². The van der Waals surface area contributed by atoms with Gasteiger partial charge in [0.15, 0.2) is 0 Å². The lowest BCUT2D eigenvalue weighted by molar-refractivity contribution is 0.0751. The molecule has 4 rings (SSSR count). The highest BCUT2D eigenvalue weighted by atomic mass is 16.5. The lowest BCUT2D eigenvalue weighted by Crippen LogP contribution is -2.30. The predicted octanol–water partition coefficient (Wildman–Crippen LogP) is 2.40. The predicted molar refractivity (Wildman–Crippen MR) is 76.8 cm³/mol. The van der Waals surface area contributed by atoms with Crippen LogP contribution in [0.25, 0.3) is 0 Å². The van der Waals surface area contributed by atoms with Gasteiger partial charge in [0, 0.05) is 13.7 Å². The summed E-state index contributed by atoms with van der Waals surface area (Å²) in [4.78, 5) is 4.60. The van der Waals surface area contributed by atoms with Crippen molar-refractivity contribution in [3.63, 3.8) is 0 Å². The first kappa shape index (κ1) is 13.0. The van der Waals surface area contributed by atoms with E-state index in [0.29, 0.717) is 17.6 Å². The van der Waals surface area contributed by atoms with Gasteiger partial charge in [0.1, 0.15) is 12.1 Å². The maximum atomic E-state index is 5.53. The molecule has 0 saturated heterocycles. The van der Waals surface area contributed by atoms with Crippen molar-refractivity contribution in [3.05, 3.63) is 47.1 Å². The molecule has 2 heterocycles. The summed E-state index contributed by atoms with van der Waals surface area (Å²) >= 11 is 0. The summed E-state index contributed by atoms with van der Waals surface area (Å²) in [7, 11) is 1.72. The van der Waals surface area contributed by atoms with E-state index in [1.807, 2.05) is 0 Å². The minimum atomic E-state index is -0.0265. The summed E-state index contributed by atoms with van der Waals surface area (Å²) in [6, 6.07) is 8.42. The van der Waals surface area contributed by atoms with Crippen LogP contribution in [0.15, 0.2) is 28.8 Å². The molecule has 1 fully saturated rings. The molecule has 0 spiro atoms. The monoisotopic (exact) mass is 285 g/mol. The van der Waals surface area contributed by atoms with E-state index in [9.17, 15) is 0 Å². The molecule has 21 heavy (non-hydrogen) atoms. The van der Waals surface area contributed by atoms with Crippen molar-refractivity contribution in [3.8, 4) is 0 Å². The molecule has 1 aliphatic carbocycles. The van der Waals surface area contributed by atoms with Crippen LogP contribution in [0.5, 0.6) is 0 Å². The Labute approximate surface area is 123 Å². The molecule has 1 aromatic carbocycles. The number of nitrogens with one attached hydrogen (secondary N) is 1. The van der Waals surface area contributed by atoms with Gasteiger partial charge in [0.05, 0.1) is 0 Å². The third-order valence-corrected chi connectivity index (χ3v) is 4.37. The Morgan fingerprint density at radius 1 is 1.33 bits per heavy atom. The SMILES string of the molecule is COC(c1noc(C2NCCc3ccccc32)n1)C1CC1. The van der Waals surface area contributed by atoms with Crippen molar-refractivity contribution < 1.29 is 9.26 Å². The standard InChI is InChI=1S/C16H19N3O2/c1-20-14(11-6-7-11)15-18-16(21-19-15)13-12-5-3-2-4-10(12)8-9-17-13/h2-5,11,13-14,17H,6-9H2,1H3. The van der Waals surface area contributed by atoms with Gasteiger partial charge in [-0.3, -0.25) is 0 Å². The van der Waals surface area contributed by atoms with Gasteiger partial charge in [-0.05, 0) is 36.3 Å². The minimum absolute atomic E-state index is 0.00657. The number of hydrogen-bond acceptors (Lipinski definition) is 5. The van der Waals surface area contributed by atoms with Gasteiger partial charge in [0.2, 0.25) is 11.7 Å². The van der Waals surface area contributed by atoms with Crippen molar-refractivity contribution in [2.75, 3.05) is 13.7 Å². The van der Waals surface area contributed by atoms with Crippen LogP contribution in [0.1, 0.15) is 47.8 Å². The fraction of sp³-hybridized carbons (Fsp3) is 0.500. The molecule has 1 aliphatic heterocycles. The normalized spacial score (nSPS) is 22.8.